The van der Waals surface area contributed by atoms with Gasteiger partial charge in [-0.25, -0.2) is 0 Å². The van der Waals surface area contributed by atoms with Crippen molar-refractivity contribution in [1.82, 2.24) is 5.32 Å². The first kappa shape index (κ1) is 13.7. The van der Waals surface area contributed by atoms with E-state index in [1.54, 1.807) is 0 Å². The third-order valence-corrected chi connectivity index (χ3v) is 5.40. The van der Waals surface area contributed by atoms with Crippen molar-refractivity contribution in [2.75, 3.05) is 6.54 Å². The Hall–Kier alpha value is -1.32. The molecule has 0 aromatic carbocycles. The summed E-state index contributed by atoms with van der Waals surface area (Å²) in [6.45, 7) is 0.762. The van der Waals surface area contributed by atoms with Crippen LogP contribution in [0.3, 0.4) is 0 Å². The summed E-state index contributed by atoms with van der Waals surface area (Å²) in [4.78, 5) is 23.1. The highest BCUT2D eigenvalue weighted by Crippen LogP contribution is 2.40. The molecule has 4 aliphatic rings. The quantitative estimate of drug-likeness (QED) is 0.774. The molecule has 0 spiro atoms. The van der Waals surface area contributed by atoms with E-state index < -0.39 is 5.97 Å². The lowest BCUT2D eigenvalue weighted by molar-refractivity contribution is -0.141. The second-order valence-electron chi connectivity index (χ2n) is 6.67. The lowest BCUT2D eigenvalue weighted by Gasteiger charge is -2.38. The Morgan fingerprint density at radius 1 is 1.05 bits per heavy atom. The second kappa shape index (κ2) is 5.58. The zero-order valence-corrected chi connectivity index (χ0v) is 11.8. The predicted octanol–water partition coefficient (Wildman–Crippen LogP) is 2.21. The van der Waals surface area contributed by atoms with E-state index in [0.29, 0.717) is 30.6 Å². The van der Waals surface area contributed by atoms with Crippen molar-refractivity contribution in [3.8, 4) is 0 Å². The number of fused-ring (bicyclic) bond motifs is 2. The van der Waals surface area contributed by atoms with Crippen LogP contribution in [0.25, 0.3) is 0 Å². The molecular formula is C16H23NO3. The molecular weight excluding hydrogens is 254 g/mol. The largest absolute Gasteiger partial charge is 0.481 e. The SMILES string of the molecule is O=C(O)[C@@H]1CC[C@H](C(=O)NCC2CC3C=CC2CC3)C1. The summed E-state index contributed by atoms with van der Waals surface area (Å²) in [6, 6.07) is 0. The van der Waals surface area contributed by atoms with Crippen molar-refractivity contribution in [2.45, 2.75) is 38.5 Å². The van der Waals surface area contributed by atoms with Crippen molar-refractivity contribution in [3.05, 3.63) is 12.2 Å². The first-order valence-corrected chi connectivity index (χ1v) is 7.82. The molecule has 0 aliphatic heterocycles. The van der Waals surface area contributed by atoms with Gasteiger partial charge in [-0.3, -0.25) is 9.59 Å². The molecule has 4 rings (SSSR count). The molecule has 0 radical (unpaired) electrons. The zero-order valence-electron chi connectivity index (χ0n) is 11.8. The summed E-state index contributed by atoms with van der Waals surface area (Å²) in [6.07, 6.45) is 10.3. The number of hydrogen-bond acceptors (Lipinski definition) is 2. The molecule has 4 heteroatoms. The number of amides is 1. The number of allylic oxidation sites excluding steroid dienone is 2. The van der Waals surface area contributed by atoms with Crippen molar-refractivity contribution < 1.29 is 14.7 Å². The maximum absolute atomic E-state index is 12.1. The van der Waals surface area contributed by atoms with Crippen LogP contribution in [0.15, 0.2) is 12.2 Å². The third kappa shape index (κ3) is 2.74. The Kier molecular flexibility index (Phi) is 3.81. The van der Waals surface area contributed by atoms with E-state index in [1.807, 2.05) is 0 Å². The number of carboxylic acid groups (broad SMARTS) is 1. The molecule has 2 saturated carbocycles. The topological polar surface area (TPSA) is 66.4 Å². The van der Waals surface area contributed by atoms with Gasteiger partial charge in [-0.05, 0) is 56.3 Å². The summed E-state index contributed by atoms with van der Waals surface area (Å²) >= 11 is 0. The number of carbonyl (C=O) groups is 2. The third-order valence-electron chi connectivity index (χ3n) is 5.40. The van der Waals surface area contributed by atoms with Crippen LogP contribution in [-0.4, -0.2) is 23.5 Å². The van der Waals surface area contributed by atoms with Gasteiger partial charge in [0.1, 0.15) is 0 Å². The van der Waals surface area contributed by atoms with Gasteiger partial charge in [-0.2, -0.15) is 0 Å². The molecule has 0 aromatic heterocycles. The highest BCUT2D eigenvalue weighted by atomic mass is 16.4. The first-order valence-electron chi connectivity index (χ1n) is 7.82. The van der Waals surface area contributed by atoms with E-state index >= 15 is 0 Å². The van der Waals surface area contributed by atoms with E-state index in [4.69, 9.17) is 5.11 Å². The minimum absolute atomic E-state index is 0.0687. The number of aliphatic carboxylic acids is 1. The standard InChI is InChI=1S/C16H23NO3/c18-15(12-5-6-13(8-12)16(19)20)17-9-14-7-10-1-3-11(14)4-2-10/h1,3,10-14H,2,4-9H2,(H,17,18)(H,19,20)/t10?,11?,12-,13+,14?/m0/s1. The molecule has 0 saturated heterocycles. The smallest absolute Gasteiger partial charge is 0.306 e. The van der Waals surface area contributed by atoms with Crippen LogP contribution < -0.4 is 5.32 Å². The van der Waals surface area contributed by atoms with E-state index in [0.717, 1.165) is 13.0 Å². The molecule has 2 fully saturated rings. The highest BCUT2D eigenvalue weighted by Gasteiger charge is 2.35. The van der Waals surface area contributed by atoms with E-state index in [-0.39, 0.29) is 17.7 Å². The molecule has 0 heterocycles. The van der Waals surface area contributed by atoms with Crippen LogP contribution in [0.2, 0.25) is 0 Å². The Morgan fingerprint density at radius 3 is 2.40 bits per heavy atom. The molecule has 4 aliphatic carbocycles. The fourth-order valence-electron chi connectivity index (χ4n) is 4.11. The summed E-state index contributed by atoms with van der Waals surface area (Å²) in [7, 11) is 0. The van der Waals surface area contributed by atoms with Crippen LogP contribution in [-0.2, 0) is 9.59 Å². The summed E-state index contributed by atoms with van der Waals surface area (Å²) < 4.78 is 0. The van der Waals surface area contributed by atoms with Crippen molar-refractivity contribution in [3.63, 3.8) is 0 Å². The van der Waals surface area contributed by atoms with Gasteiger partial charge in [0.2, 0.25) is 5.91 Å². The van der Waals surface area contributed by atoms with Gasteiger partial charge in [-0.1, -0.05) is 12.2 Å². The van der Waals surface area contributed by atoms with Crippen LogP contribution in [0.1, 0.15) is 38.5 Å². The molecule has 2 N–H and O–H groups in total. The normalized spacial score (nSPS) is 38.9. The molecule has 3 unspecified atom stereocenters. The molecule has 0 aromatic rings. The van der Waals surface area contributed by atoms with Crippen molar-refractivity contribution in [2.24, 2.45) is 29.6 Å². The Balaban J connectivity index is 1.46. The lowest BCUT2D eigenvalue weighted by Crippen LogP contribution is -2.39. The Bertz CT molecular complexity index is 431. The van der Waals surface area contributed by atoms with Crippen molar-refractivity contribution >= 4 is 11.9 Å². The monoisotopic (exact) mass is 277 g/mol. The first-order chi connectivity index (χ1) is 9.63. The molecule has 2 bridgehead atoms. The van der Waals surface area contributed by atoms with Crippen LogP contribution in [0, 0.1) is 29.6 Å². The van der Waals surface area contributed by atoms with Gasteiger partial charge in [0.25, 0.3) is 0 Å². The summed E-state index contributed by atoms with van der Waals surface area (Å²) in [5.74, 6) is 0.834. The molecule has 110 valence electrons. The van der Waals surface area contributed by atoms with Gasteiger partial charge in [0, 0.05) is 12.5 Å². The second-order valence-corrected chi connectivity index (χ2v) is 6.67. The number of carboxylic acids is 1. The fourth-order valence-corrected chi connectivity index (χ4v) is 4.11. The Labute approximate surface area is 119 Å². The number of nitrogens with one attached hydrogen (secondary N) is 1. The maximum Gasteiger partial charge on any atom is 0.306 e. The van der Waals surface area contributed by atoms with E-state index in [1.165, 1.54) is 19.3 Å². The van der Waals surface area contributed by atoms with Gasteiger partial charge in [-0.15, -0.1) is 0 Å². The molecule has 20 heavy (non-hydrogen) atoms. The van der Waals surface area contributed by atoms with E-state index in [2.05, 4.69) is 17.5 Å². The van der Waals surface area contributed by atoms with Crippen molar-refractivity contribution in [1.29, 1.82) is 0 Å². The van der Waals surface area contributed by atoms with E-state index in [9.17, 15) is 9.59 Å². The molecule has 1 amide bonds. The number of hydrogen-bond donors (Lipinski definition) is 2. The molecule has 4 nitrogen and oxygen atoms in total. The summed E-state index contributed by atoms with van der Waals surface area (Å²) in [5, 5.41) is 12.1. The summed E-state index contributed by atoms with van der Waals surface area (Å²) in [5.41, 5.74) is 0. The Morgan fingerprint density at radius 2 is 1.85 bits per heavy atom. The van der Waals surface area contributed by atoms with Gasteiger partial charge < -0.3 is 10.4 Å². The molecule has 5 atom stereocenters. The number of carbonyl (C=O) groups excluding carboxylic acids is 1. The average molecular weight is 277 g/mol. The van der Waals surface area contributed by atoms with Gasteiger partial charge >= 0.3 is 5.97 Å². The number of rotatable bonds is 4. The minimum Gasteiger partial charge on any atom is -0.481 e. The van der Waals surface area contributed by atoms with Crippen LogP contribution in [0.5, 0.6) is 0 Å². The predicted molar refractivity (Wildman–Crippen MR) is 74.9 cm³/mol. The van der Waals surface area contributed by atoms with Gasteiger partial charge in [0.05, 0.1) is 5.92 Å². The highest BCUT2D eigenvalue weighted by molar-refractivity contribution is 5.80. The zero-order chi connectivity index (χ0) is 14.1. The maximum atomic E-state index is 12.1. The van der Waals surface area contributed by atoms with Crippen LogP contribution >= 0.6 is 0 Å². The average Bonchev–Trinajstić information content (AvgIpc) is 2.96. The van der Waals surface area contributed by atoms with Gasteiger partial charge in [0.15, 0.2) is 0 Å². The lowest BCUT2D eigenvalue weighted by atomic mass is 9.69. The fraction of sp³-hybridized carbons (Fsp3) is 0.750. The minimum atomic E-state index is -0.755. The van der Waals surface area contributed by atoms with Crippen LogP contribution in [0.4, 0.5) is 0 Å².